The van der Waals surface area contributed by atoms with Crippen LogP contribution in [-0.4, -0.2) is 35.3 Å². The van der Waals surface area contributed by atoms with Gasteiger partial charge in [-0.3, -0.25) is 4.57 Å². The van der Waals surface area contributed by atoms with Crippen LogP contribution >= 0.6 is 0 Å². The van der Waals surface area contributed by atoms with Crippen LogP contribution in [0.3, 0.4) is 0 Å². The Morgan fingerprint density at radius 3 is 2.26 bits per heavy atom. The maximum Gasteiger partial charge on any atom is 0.496 e. The molecule has 6 aromatic rings. The summed E-state index contributed by atoms with van der Waals surface area (Å²) < 4.78 is 6.54. The molecule has 0 N–H and O–H groups in total. The van der Waals surface area contributed by atoms with Gasteiger partial charge in [0.15, 0.2) is 7.05 Å². The van der Waals surface area contributed by atoms with Gasteiger partial charge in [-0.05, 0) is 34.0 Å². The monoisotopic (exact) mass is 508 g/mol. The lowest BCUT2D eigenvalue weighted by molar-refractivity contribution is -0.394. The van der Waals surface area contributed by atoms with Gasteiger partial charge in [0.05, 0.1) is 11.0 Å². The van der Waals surface area contributed by atoms with Crippen LogP contribution in [-0.2, 0) is 0 Å². The van der Waals surface area contributed by atoms with Crippen LogP contribution in [0.5, 0.6) is 0 Å². The van der Waals surface area contributed by atoms with E-state index < -0.39 is 8.07 Å². The minimum Gasteiger partial charge on any atom is -0.294 e. The Bertz CT molecular complexity index is 1940. The van der Waals surface area contributed by atoms with Crippen LogP contribution in [0.25, 0.3) is 27.6 Å². The molecule has 0 saturated carbocycles. The highest BCUT2D eigenvalue weighted by Gasteiger charge is 2.34. The van der Waals surface area contributed by atoms with Gasteiger partial charge < -0.3 is 0 Å². The molecule has 2 aromatic heterocycles. The quantitative estimate of drug-likeness (QED) is 0.203. The number of para-hydroxylation sites is 3. The fraction of sp³-hybridized carbons (Fsp3) is 0.0909. The Morgan fingerprint density at radius 2 is 1.42 bits per heavy atom. The van der Waals surface area contributed by atoms with Crippen molar-refractivity contribution >= 4 is 63.3 Å². The molecule has 3 heterocycles. The number of pyridine rings is 1. The molecule has 0 spiro atoms. The molecule has 5 heteroatoms. The molecule has 182 valence electrons. The number of hydrogen-bond acceptors (Lipinski definition) is 1. The number of aromatic nitrogens is 2. The smallest absolute Gasteiger partial charge is 0.294 e. The van der Waals surface area contributed by atoms with Gasteiger partial charge >= 0.3 is 6.01 Å². The van der Waals surface area contributed by atoms with Gasteiger partial charge in [-0.2, -0.15) is 0 Å². The molecule has 4 aromatic carbocycles. The average Bonchev–Trinajstić information content (AvgIpc) is 3.48. The summed E-state index contributed by atoms with van der Waals surface area (Å²) in [5.74, 6) is 0.945. The summed E-state index contributed by atoms with van der Waals surface area (Å²) in [4.78, 5) is 4.71. The first-order valence-electron chi connectivity index (χ1n) is 13.0. The minimum atomic E-state index is -2.04. The van der Waals surface area contributed by atoms with Crippen molar-refractivity contribution in [3.63, 3.8) is 0 Å². The zero-order valence-electron chi connectivity index (χ0n) is 21.8. The first-order chi connectivity index (χ1) is 18.5. The molecule has 0 unspecified atom stereocenters. The van der Waals surface area contributed by atoms with Crippen LogP contribution in [0.4, 0.5) is 17.1 Å². The molecule has 4 nitrogen and oxygen atoms in total. The zero-order chi connectivity index (χ0) is 25.9. The normalized spacial score (nSPS) is 13.0. The van der Waals surface area contributed by atoms with Crippen LogP contribution in [0.1, 0.15) is 0 Å². The largest absolute Gasteiger partial charge is 0.496 e. The topological polar surface area (TPSA) is 23.8 Å². The van der Waals surface area contributed by atoms with E-state index in [1.165, 1.54) is 37.9 Å². The van der Waals surface area contributed by atoms with Crippen LogP contribution in [0, 0.1) is 0 Å². The average molecular weight is 509 g/mol. The maximum atomic E-state index is 4.71. The minimum absolute atomic E-state index is 0.945. The van der Waals surface area contributed by atoms with Crippen molar-refractivity contribution in [3.8, 4) is 5.82 Å². The molecule has 1 aliphatic rings. The van der Waals surface area contributed by atoms with Gasteiger partial charge in [0.25, 0.3) is 11.4 Å². The second-order valence-electron chi connectivity index (χ2n) is 10.4. The molecule has 0 saturated heterocycles. The molecule has 1 aliphatic heterocycles. The summed E-state index contributed by atoms with van der Waals surface area (Å²) in [6, 6.07) is 42.7. The maximum absolute atomic E-state index is 4.71. The van der Waals surface area contributed by atoms with Gasteiger partial charge in [0, 0.05) is 41.2 Å². The molecule has 0 amide bonds. The van der Waals surface area contributed by atoms with E-state index in [1.807, 2.05) is 12.3 Å². The lowest BCUT2D eigenvalue weighted by Gasteiger charge is -2.24. The first-order valence-corrected chi connectivity index (χ1v) is 16.0. The van der Waals surface area contributed by atoms with E-state index in [0.29, 0.717) is 0 Å². The van der Waals surface area contributed by atoms with Crippen LogP contribution in [0.2, 0.25) is 13.1 Å². The molecule has 0 fully saturated rings. The Balaban J connectivity index is 1.38. The summed E-state index contributed by atoms with van der Waals surface area (Å²) in [7, 11) is 0.0146. The number of nitrogens with zero attached hydrogens (tertiary/aromatic N) is 4. The number of fused-ring (bicyclic) bond motifs is 4. The summed E-state index contributed by atoms with van der Waals surface area (Å²) in [6.45, 7) is 4.89. The van der Waals surface area contributed by atoms with Crippen molar-refractivity contribution in [1.82, 2.24) is 14.1 Å². The third kappa shape index (κ3) is 3.41. The SMILES string of the molecule is C[N+]1=C=[N+](c2cccc([Si](C)(C)c3ccc4c5ccccc5n(-c5ccccn5)c4c3)c2)c2ccccc21. The van der Waals surface area contributed by atoms with Crippen LogP contribution in [0.15, 0.2) is 115 Å². The molecule has 38 heavy (non-hydrogen) atoms. The summed E-state index contributed by atoms with van der Waals surface area (Å²) in [5, 5.41) is 5.30. The van der Waals surface area contributed by atoms with E-state index in [-0.39, 0.29) is 0 Å². The molecule has 0 bridgehead atoms. The highest BCUT2D eigenvalue weighted by molar-refractivity contribution is 7.00. The van der Waals surface area contributed by atoms with Crippen molar-refractivity contribution in [2.45, 2.75) is 13.1 Å². The van der Waals surface area contributed by atoms with Gasteiger partial charge in [0.1, 0.15) is 13.9 Å². The van der Waals surface area contributed by atoms with Crippen LogP contribution < -0.4 is 14.9 Å². The van der Waals surface area contributed by atoms with E-state index in [0.717, 1.165) is 17.2 Å². The van der Waals surface area contributed by atoms with Gasteiger partial charge in [-0.1, -0.05) is 83.5 Å². The molecular weight excluding hydrogens is 480 g/mol. The fourth-order valence-corrected chi connectivity index (χ4v) is 8.04. The number of benzene rings is 4. The molecule has 0 atom stereocenters. The fourth-order valence-electron chi connectivity index (χ4n) is 5.68. The lowest BCUT2D eigenvalue weighted by Crippen LogP contribution is -2.52. The third-order valence-corrected chi connectivity index (χ3v) is 11.3. The van der Waals surface area contributed by atoms with E-state index in [4.69, 9.17) is 4.98 Å². The first kappa shape index (κ1) is 22.6. The van der Waals surface area contributed by atoms with E-state index >= 15 is 0 Å². The Kier molecular flexibility index (Phi) is 5.05. The second kappa shape index (κ2) is 8.49. The highest BCUT2D eigenvalue weighted by atomic mass is 28.3. The van der Waals surface area contributed by atoms with Gasteiger partial charge in [0.2, 0.25) is 5.69 Å². The van der Waals surface area contributed by atoms with Crippen molar-refractivity contribution in [3.05, 3.63) is 115 Å². The molecular formula is C33H28N4Si+2. The second-order valence-corrected chi connectivity index (χ2v) is 14.8. The molecule has 0 radical (unpaired) electrons. The van der Waals surface area contributed by atoms with Crippen molar-refractivity contribution in [2.75, 3.05) is 7.05 Å². The number of hydrogen-bond donors (Lipinski definition) is 0. The molecule has 0 aliphatic carbocycles. The standard InChI is InChI=1S/C33H28N4Si/c1-35-23-36(31-16-7-6-15-30(31)35)24-11-10-12-25(21-24)38(2,3)26-18-19-28-27-13-4-5-14-29(27)37(32(28)22-26)33-17-8-9-20-34-33/h4-22H,1-3H3/q+2. The van der Waals surface area contributed by atoms with E-state index in [9.17, 15) is 0 Å². The lowest BCUT2D eigenvalue weighted by atomic mass is 10.1. The molecule has 7 rings (SSSR count). The summed E-state index contributed by atoms with van der Waals surface area (Å²) in [6.07, 6.45) is 1.87. The van der Waals surface area contributed by atoms with E-state index in [1.54, 1.807) is 0 Å². The van der Waals surface area contributed by atoms with Crippen molar-refractivity contribution < 1.29 is 4.58 Å². The Labute approximate surface area is 223 Å². The zero-order valence-corrected chi connectivity index (χ0v) is 22.8. The third-order valence-electron chi connectivity index (χ3n) is 7.83. The number of rotatable bonds is 4. The predicted octanol–water partition coefficient (Wildman–Crippen LogP) is 6.30. The van der Waals surface area contributed by atoms with Gasteiger partial charge in [-0.15, -0.1) is 0 Å². The highest BCUT2D eigenvalue weighted by Crippen LogP contribution is 2.33. The van der Waals surface area contributed by atoms with Crippen molar-refractivity contribution in [1.29, 1.82) is 0 Å². The van der Waals surface area contributed by atoms with Crippen molar-refractivity contribution in [2.24, 2.45) is 0 Å². The summed E-state index contributed by atoms with van der Waals surface area (Å²) in [5.41, 5.74) is 5.86. The van der Waals surface area contributed by atoms with Gasteiger partial charge in [-0.25, -0.2) is 4.98 Å². The summed E-state index contributed by atoms with van der Waals surface area (Å²) >= 11 is 0. The van der Waals surface area contributed by atoms with E-state index in [2.05, 4.69) is 143 Å². The Hall–Kier alpha value is -4.57. The Morgan fingerprint density at radius 1 is 0.684 bits per heavy atom. The predicted molar refractivity (Wildman–Crippen MR) is 161 cm³/mol.